The minimum Gasteiger partial charge on any atom is -0.507 e. The molecule has 0 aliphatic heterocycles. The standard InChI is InChI=1S/C26H28O4S/c1-18-14-21(15-19(2)26(18)29)23(27)11-6-8-20(16-24(28)25-12-7-13-31-25)17-30-22-9-4-3-5-10-22/h3-7,9-10,12-15,23-24,27-29H,11,16-17H2,1-2H3/t8?,23-,24-/m1/s1. The van der Waals surface area contributed by atoms with Gasteiger partial charge in [0.15, 0.2) is 0 Å². The van der Waals surface area contributed by atoms with Gasteiger partial charge >= 0.3 is 0 Å². The summed E-state index contributed by atoms with van der Waals surface area (Å²) in [6.45, 7) is 3.94. The van der Waals surface area contributed by atoms with Gasteiger partial charge in [-0.2, -0.15) is 0 Å². The van der Waals surface area contributed by atoms with E-state index in [9.17, 15) is 15.3 Å². The SMILES string of the molecule is Cc1cc([C@H](O)CC=C=C(COc2ccccc2)C[C@@H](O)c2cccs2)cc(C)c1O. The molecule has 0 aliphatic rings. The van der Waals surface area contributed by atoms with Gasteiger partial charge in [-0.05, 0) is 72.3 Å². The number of hydrogen-bond donors (Lipinski definition) is 3. The third-order valence-corrected chi connectivity index (χ3v) is 5.99. The number of hydrogen-bond acceptors (Lipinski definition) is 5. The summed E-state index contributed by atoms with van der Waals surface area (Å²) in [5.74, 6) is 1.01. The number of phenolic OH excluding ortho intramolecular Hbond substituents is 1. The van der Waals surface area contributed by atoms with E-state index in [2.05, 4.69) is 5.73 Å². The number of rotatable bonds is 9. The lowest BCUT2D eigenvalue weighted by Crippen LogP contribution is -2.05. The molecule has 0 aliphatic carbocycles. The molecule has 0 bridgehead atoms. The van der Waals surface area contributed by atoms with Crippen LogP contribution in [0.25, 0.3) is 0 Å². The van der Waals surface area contributed by atoms with Crippen LogP contribution in [-0.4, -0.2) is 21.9 Å². The Morgan fingerprint density at radius 1 is 1.03 bits per heavy atom. The summed E-state index contributed by atoms with van der Waals surface area (Å²) < 4.78 is 5.86. The number of aliphatic hydroxyl groups is 2. The zero-order chi connectivity index (χ0) is 22.2. The van der Waals surface area contributed by atoms with E-state index < -0.39 is 12.2 Å². The Labute approximate surface area is 187 Å². The lowest BCUT2D eigenvalue weighted by Gasteiger charge is -2.13. The van der Waals surface area contributed by atoms with Gasteiger partial charge in [0.25, 0.3) is 0 Å². The average Bonchev–Trinajstić information content (AvgIpc) is 3.31. The molecule has 3 rings (SSSR count). The van der Waals surface area contributed by atoms with Crippen molar-refractivity contribution in [1.29, 1.82) is 0 Å². The molecule has 2 aromatic carbocycles. The fourth-order valence-electron chi connectivity index (χ4n) is 3.29. The number of thiophene rings is 1. The number of aryl methyl sites for hydroxylation is 2. The van der Waals surface area contributed by atoms with Crippen molar-refractivity contribution >= 4 is 11.3 Å². The van der Waals surface area contributed by atoms with E-state index in [4.69, 9.17) is 4.74 Å². The minimum atomic E-state index is -0.705. The highest BCUT2D eigenvalue weighted by Gasteiger charge is 2.13. The summed E-state index contributed by atoms with van der Waals surface area (Å²) in [5, 5.41) is 33.0. The van der Waals surface area contributed by atoms with Crippen LogP contribution >= 0.6 is 11.3 Å². The molecule has 0 amide bonds. The largest absolute Gasteiger partial charge is 0.507 e. The third kappa shape index (κ3) is 6.58. The predicted molar refractivity (Wildman–Crippen MR) is 125 cm³/mol. The maximum absolute atomic E-state index is 10.6. The van der Waals surface area contributed by atoms with E-state index in [0.717, 1.165) is 32.9 Å². The first kappa shape index (κ1) is 22.9. The van der Waals surface area contributed by atoms with Gasteiger partial charge in [-0.3, -0.25) is 0 Å². The van der Waals surface area contributed by atoms with Gasteiger partial charge in [0, 0.05) is 23.3 Å². The molecule has 1 heterocycles. The van der Waals surface area contributed by atoms with Gasteiger partial charge in [0.2, 0.25) is 0 Å². The Hall–Kier alpha value is -2.82. The van der Waals surface area contributed by atoms with Crippen molar-refractivity contribution in [3.8, 4) is 11.5 Å². The third-order valence-electron chi connectivity index (χ3n) is 5.01. The predicted octanol–water partition coefficient (Wildman–Crippen LogP) is 5.78. The van der Waals surface area contributed by atoms with Crippen molar-refractivity contribution in [3.05, 3.63) is 98.9 Å². The van der Waals surface area contributed by atoms with Crippen molar-refractivity contribution in [2.75, 3.05) is 6.61 Å². The number of ether oxygens (including phenoxy) is 1. The summed E-state index contributed by atoms with van der Waals surface area (Å²) in [7, 11) is 0. The molecule has 2 atom stereocenters. The Morgan fingerprint density at radius 3 is 2.39 bits per heavy atom. The Morgan fingerprint density at radius 2 is 1.74 bits per heavy atom. The molecule has 0 radical (unpaired) electrons. The highest BCUT2D eigenvalue weighted by Crippen LogP contribution is 2.28. The lowest BCUT2D eigenvalue weighted by atomic mass is 10.00. The van der Waals surface area contributed by atoms with E-state index >= 15 is 0 Å². The zero-order valence-electron chi connectivity index (χ0n) is 17.8. The van der Waals surface area contributed by atoms with Gasteiger partial charge in [-0.25, -0.2) is 0 Å². The first-order valence-electron chi connectivity index (χ1n) is 10.2. The van der Waals surface area contributed by atoms with Crippen LogP contribution in [0.5, 0.6) is 11.5 Å². The second-order valence-electron chi connectivity index (χ2n) is 7.54. The Balaban J connectivity index is 1.73. The molecule has 4 nitrogen and oxygen atoms in total. The summed E-state index contributed by atoms with van der Waals surface area (Å²) in [6, 6.07) is 16.9. The van der Waals surface area contributed by atoms with Gasteiger partial charge in [-0.15, -0.1) is 17.1 Å². The average molecular weight is 437 g/mol. The second-order valence-corrected chi connectivity index (χ2v) is 8.52. The van der Waals surface area contributed by atoms with E-state index in [1.54, 1.807) is 18.2 Å². The molecule has 3 aromatic rings. The summed E-state index contributed by atoms with van der Waals surface area (Å²) >= 11 is 1.51. The van der Waals surface area contributed by atoms with Gasteiger partial charge in [0.1, 0.15) is 18.1 Å². The molecule has 31 heavy (non-hydrogen) atoms. The van der Waals surface area contributed by atoms with Crippen LogP contribution in [0.1, 0.15) is 46.6 Å². The van der Waals surface area contributed by atoms with Crippen LogP contribution < -0.4 is 4.74 Å². The van der Waals surface area contributed by atoms with Gasteiger partial charge < -0.3 is 20.1 Å². The van der Waals surface area contributed by atoms with Crippen LogP contribution in [0.4, 0.5) is 0 Å². The van der Waals surface area contributed by atoms with Crippen molar-refractivity contribution in [1.82, 2.24) is 0 Å². The van der Waals surface area contributed by atoms with Gasteiger partial charge in [0.05, 0.1) is 12.2 Å². The van der Waals surface area contributed by atoms with Gasteiger partial charge in [-0.1, -0.05) is 24.3 Å². The molecule has 3 N–H and O–H groups in total. The maximum Gasteiger partial charge on any atom is 0.121 e. The van der Waals surface area contributed by atoms with E-state index in [1.165, 1.54) is 11.3 Å². The number of benzene rings is 2. The fraction of sp³-hybridized carbons (Fsp3) is 0.269. The highest BCUT2D eigenvalue weighted by atomic mass is 32.1. The van der Waals surface area contributed by atoms with Crippen molar-refractivity contribution in [2.45, 2.75) is 38.9 Å². The molecule has 0 saturated carbocycles. The molecular weight excluding hydrogens is 408 g/mol. The number of aromatic hydroxyl groups is 1. The number of aliphatic hydroxyl groups excluding tert-OH is 2. The van der Waals surface area contributed by atoms with Crippen LogP contribution in [0.2, 0.25) is 0 Å². The first-order chi connectivity index (χ1) is 14.9. The topological polar surface area (TPSA) is 69.9 Å². The molecule has 162 valence electrons. The zero-order valence-corrected chi connectivity index (χ0v) is 18.6. The van der Waals surface area contributed by atoms with Crippen molar-refractivity contribution in [3.63, 3.8) is 0 Å². The monoisotopic (exact) mass is 436 g/mol. The van der Waals surface area contributed by atoms with Crippen LogP contribution in [0.15, 0.2) is 77.4 Å². The Kier molecular flexibility index (Phi) is 8.10. The summed E-state index contributed by atoms with van der Waals surface area (Å²) in [4.78, 5) is 0.897. The summed E-state index contributed by atoms with van der Waals surface area (Å²) in [6.07, 6.45) is 1.23. The second kappa shape index (κ2) is 11.0. The fourth-order valence-corrected chi connectivity index (χ4v) is 4.01. The number of para-hydroxylation sites is 1. The molecule has 0 spiro atoms. The lowest BCUT2D eigenvalue weighted by molar-refractivity contribution is 0.177. The van der Waals surface area contributed by atoms with E-state index in [0.29, 0.717) is 19.4 Å². The molecule has 0 saturated heterocycles. The van der Waals surface area contributed by atoms with Crippen molar-refractivity contribution in [2.24, 2.45) is 0 Å². The quantitative estimate of drug-likeness (QED) is 0.372. The minimum absolute atomic E-state index is 0.259. The van der Waals surface area contributed by atoms with Crippen molar-refractivity contribution < 1.29 is 20.1 Å². The highest BCUT2D eigenvalue weighted by molar-refractivity contribution is 7.10. The van der Waals surface area contributed by atoms with Crippen LogP contribution in [-0.2, 0) is 0 Å². The first-order valence-corrected chi connectivity index (χ1v) is 11.1. The van der Waals surface area contributed by atoms with Crippen LogP contribution in [0, 0.1) is 13.8 Å². The van der Waals surface area contributed by atoms with Crippen LogP contribution in [0.3, 0.4) is 0 Å². The Bertz CT molecular complexity index is 1010. The number of phenols is 1. The molecule has 5 heteroatoms. The normalized spacial score (nSPS) is 12.6. The molecule has 1 aromatic heterocycles. The maximum atomic E-state index is 10.6. The summed E-state index contributed by atoms with van der Waals surface area (Å²) in [5.41, 5.74) is 6.28. The molecular formula is C26H28O4S. The van der Waals surface area contributed by atoms with E-state index in [1.807, 2.05) is 61.7 Å². The smallest absolute Gasteiger partial charge is 0.121 e. The molecule has 0 unspecified atom stereocenters. The van der Waals surface area contributed by atoms with E-state index in [-0.39, 0.29) is 5.75 Å². The molecule has 0 fully saturated rings.